The predicted molar refractivity (Wildman–Crippen MR) is 162 cm³/mol. The molecule has 2 fully saturated rings. The van der Waals surface area contributed by atoms with Crippen molar-refractivity contribution in [2.24, 2.45) is 11.8 Å². The lowest BCUT2D eigenvalue weighted by Gasteiger charge is -2.19. The van der Waals surface area contributed by atoms with E-state index in [1.807, 2.05) is 0 Å². The van der Waals surface area contributed by atoms with Gasteiger partial charge in [0.15, 0.2) is 11.6 Å². The Bertz CT molecular complexity index is 1850. The van der Waals surface area contributed by atoms with Gasteiger partial charge in [0.2, 0.25) is 27.7 Å². The number of sulfonamides is 2. The van der Waals surface area contributed by atoms with E-state index in [0.29, 0.717) is 0 Å². The molecule has 260 valence electrons. The Labute approximate surface area is 273 Å². The lowest BCUT2D eigenvalue weighted by molar-refractivity contribution is -0.146. The third-order valence-electron chi connectivity index (χ3n) is 6.64. The Morgan fingerprint density at radius 1 is 0.896 bits per heavy atom. The van der Waals surface area contributed by atoms with Crippen LogP contribution in [0, 0.1) is 11.8 Å². The molecule has 2 amide bonds. The maximum Gasteiger partial charge on any atom is 0.337 e. The number of aliphatic hydroxyl groups excluding tert-OH is 1. The van der Waals surface area contributed by atoms with Gasteiger partial charge in [-0.15, -0.1) is 0 Å². The number of benzene rings is 1. The molecule has 1 aromatic carbocycles. The third kappa shape index (κ3) is 10.2. The van der Waals surface area contributed by atoms with E-state index in [2.05, 4.69) is 20.0 Å². The Hall–Kier alpha value is -5.15. The van der Waals surface area contributed by atoms with Gasteiger partial charge in [-0.2, -0.15) is 9.97 Å². The topological polar surface area (TPSA) is 295 Å². The number of anilines is 1. The van der Waals surface area contributed by atoms with Crippen LogP contribution in [0.15, 0.2) is 40.5 Å². The fourth-order valence-corrected chi connectivity index (χ4v) is 5.75. The average molecular weight is 714 g/mol. The second-order valence-electron chi connectivity index (χ2n) is 10.4. The summed E-state index contributed by atoms with van der Waals surface area (Å²) in [6.45, 7) is -0.301. The number of aromatic carboxylic acids is 1. The van der Waals surface area contributed by atoms with Crippen molar-refractivity contribution in [3.63, 3.8) is 0 Å². The molecule has 1 aromatic heterocycles. The second kappa shape index (κ2) is 15.2. The van der Waals surface area contributed by atoms with E-state index < -0.39 is 66.0 Å². The molecular formula is C27H31N5O14S2. The first-order chi connectivity index (χ1) is 22.3. The van der Waals surface area contributed by atoms with E-state index >= 15 is 0 Å². The van der Waals surface area contributed by atoms with Crippen molar-refractivity contribution in [1.29, 1.82) is 0 Å². The Morgan fingerprint density at radius 3 is 1.92 bits per heavy atom. The number of Topliss-reactive ketones (excluding diaryl/α,β-unsaturated/α-hetero) is 2. The second-order valence-corrected chi connectivity index (χ2v) is 13.9. The van der Waals surface area contributed by atoms with Gasteiger partial charge in [-0.1, -0.05) is 6.07 Å². The molecule has 0 aliphatic heterocycles. The normalized spacial score (nSPS) is 16.2. The number of urea groups is 1. The summed E-state index contributed by atoms with van der Waals surface area (Å²) in [7, 11) is -5.69. The van der Waals surface area contributed by atoms with Gasteiger partial charge in [0.1, 0.15) is 10.7 Å². The van der Waals surface area contributed by atoms with E-state index in [9.17, 15) is 51.0 Å². The molecular weight excluding hydrogens is 682 g/mol. The minimum Gasteiger partial charge on any atom is -0.511 e. The number of allylic oxidation sites excluding steroid dienone is 2. The molecule has 0 atom stereocenters. The van der Waals surface area contributed by atoms with E-state index in [-0.39, 0.29) is 59.9 Å². The van der Waals surface area contributed by atoms with Gasteiger partial charge in [0.05, 0.1) is 43.6 Å². The number of ether oxygens (including phenoxy) is 2. The maximum absolute atomic E-state index is 12.7. The number of hydrogen-bond acceptors (Lipinski definition) is 14. The monoisotopic (exact) mass is 713 g/mol. The molecule has 2 aliphatic carbocycles. The highest BCUT2D eigenvalue weighted by atomic mass is 32.2. The van der Waals surface area contributed by atoms with Crippen LogP contribution in [0.5, 0.6) is 11.8 Å². The first-order valence-electron chi connectivity index (χ1n) is 13.7. The molecule has 4 rings (SSSR count). The van der Waals surface area contributed by atoms with Gasteiger partial charge in [-0.05, 0) is 30.5 Å². The third-order valence-corrected chi connectivity index (χ3v) is 8.68. The number of aliphatic carboxylic acids is 1. The molecule has 2 aliphatic rings. The van der Waals surface area contributed by atoms with Crippen LogP contribution in [0.2, 0.25) is 0 Å². The van der Waals surface area contributed by atoms with Crippen molar-refractivity contribution in [3.05, 3.63) is 46.7 Å². The molecule has 2 aromatic rings. The molecule has 19 nitrogen and oxygen atoms in total. The minimum absolute atomic E-state index is 0.0225. The van der Waals surface area contributed by atoms with Gasteiger partial charge in [-0.25, -0.2) is 35.9 Å². The first-order valence-corrected chi connectivity index (χ1v) is 17.1. The zero-order valence-electron chi connectivity index (χ0n) is 25.5. The zero-order chi connectivity index (χ0) is 36.0. The molecule has 0 saturated heterocycles. The fraction of sp³-hybridized carbons (Fsp3) is 0.370. The minimum atomic E-state index is -4.70. The van der Waals surface area contributed by atoms with Crippen LogP contribution in [-0.4, -0.2) is 92.1 Å². The van der Waals surface area contributed by atoms with Crippen LogP contribution >= 0.6 is 0 Å². The van der Waals surface area contributed by atoms with Crippen LogP contribution in [0.1, 0.15) is 41.6 Å². The highest BCUT2D eigenvalue weighted by Gasteiger charge is 2.40. The van der Waals surface area contributed by atoms with Crippen LogP contribution in [0.25, 0.3) is 0 Å². The Balaban J connectivity index is 0.000000324. The fourth-order valence-electron chi connectivity index (χ4n) is 4.16. The lowest BCUT2D eigenvalue weighted by Crippen LogP contribution is -2.35. The van der Waals surface area contributed by atoms with E-state index in [0.717, 1.165) is 31.2 Å². The highest BCUT2D eigenvalue weighted by molar-refractivity contribution is 7.90. The maximum atomic E-state index is 12.7. The number of ketones is 2. The van der Waals surface area contributed by atoms with Gasteiger partial charge in [0.25, 0.3) is 10.0 Å². The van der Waals surface area contributed by atoms with Crippen molar-refractivity contribution in [3.8, 4) is 11.8 Å². The number of nitrogens with zero attached hydrogens (tertiary/aromatic N) is 2. The molecule has 6 N–H and O–H groups in total. The average Bonchev–Trinajstić information content (AvgIpc) is 3.84. The van der Waals surface area contributed by atoms with Gasteiger partial charge < -0.3 is 24.8 Å². The number of carboxylic acids is 2. The molecule has 2 saturated carbocycles. The summed E-state index contributed by atoms with van der Waals surface area (Å²) < 4.78 is 61.5. The highest BCUT2D eigenvalue weighted by Crippen LogP contribution is 2.38. The number of carbonyl (C=O) groups is 5. The van der Waals surface area contributed by atoms with E-state index in [4.69, 9.17) is 14.6 Å². The summed E-state index contributed by atoms with van der Waals surface area (Å²) in [5, 5.41) is 29.8. The predicted octanol–water partition coefficient (Wildman–Crippen LogP) is 0.593. The standard InChI is InChI=1S/C16H19N5O9S2.C11H12O5/c1-29-12-7-13(30-2)19-15(18-12)20-16(24)21-32(27,28)11-6-9(8-17-31(3,25)26)4-5-10(11)14(22)23;12-7-3-6(11(15)16)4-8(13)9(7)10(14)5-1-2-5/h4-7,17H,8H2,1-3H3,(H,22,23)(H2,18,19,20,21,24);5-6,14H,1-4H2,(H,15,16). The summed E-state index contributed by atoms with van der Waals surface area (Å²) in [4.78, 5) is 64.4. The number of carboxylic acid groups (broad SMARTS) is 2. The smallest absolute Gasteiger partial charge is 0.337 e. The number of hydrogen-bond donors (Lipinski definition) is 6. The number of rotatable bonds is 11. The number of aliphatic hydroxyl groups is 1. The van der Waals surface area contributed by atoms with Crippen LogP contribution in [0.4, 0.5) is 10.7 Å². The Kier molecular flexibility index (Phi) is 11.8. The molecule has 21 heteroatoms. The van der Waals surface area contributed by atoms with E-state index in [1.165, 1.54) is 26.4 Å². The number of aromatic nitrogens is 2. The Morgan fingerprint density at radius 2 is 1.46 bits per heavy atom. The summed E-state index contributed by atoms with van der Waals surface area (Å²) in [5.74, 6) is -5.21. The van der Waals surface area contributed by atoms with Crippen LogP contribution in [0.3, 0.4) is 0 Å². The molecule has 0 radical (unpaired) electrons. The summed E-state index contributed by atoms with van der Waals surface area (Å²) in [6.07, 6.45) is 2.11. The molecule has 1 heterocycles. The molecule has 0 bridgehead atoms. The number of methoxy groups -OCH3 is 2. The largest absolute Gasteiger partial charge is 0.511 e. The van der Waals surface area contributed by atoms with Gasteiger partial charge in [0, 0.05) is 25.3 Å². The SMILES string of the molecule is COc1cc(OC)nc(NC(=O)NS(=O)(=O)c2cc(CNS(C)(=O)=O)ccc2C(=O)O)n1.O=C1CC(C(=O)O)CC(=O)C1=C(O)C1CC1. The van der Waals surface area contributed by atoms with Crippen molar-refractivity contribution in [2.45, 2.75) is 37.1 Å². The lowest BCUT2D eigenvalue weighted by atomic mass is 9.83. The summed E-state index contributed by atoms with van der Waals surface area (Å²) in [5.41, 5.74) is -0.644. The van der Waals surface area contributed by atoms with Crippen molar-refractivity contribution >= 4 is 55.5 Å². The molecule has 0 unspecified atom stereocenters. The van der Waals surface area contributed by atoms with Gasteiger partial charge >= 0.3 is 18.0 Å². The van der Waals surface area contributed by atoms with E-state index in [1.54, 1.807) is 4.72 Å². The molecule has 0 spiro atoms. The molecule has 48 heavy (non-hydrogen) atoms. The van der Waals surface area contributed by atoms with Crippen molar-refractivity contribution in [1.82, 2.24) is 19.4 Å². The van der Waals surface area contributed by atoms with Crippen LogP contribution < -0.4 is 24.2 Å². The summed E-state index contributed by atoms with van der Waals surface area (Å²) in [6, 6.07) is 3.16. The van der Waals surface area contributed by atoms with Crippen LogP contribution in [-0.2, 0) is 41.0 Å². The first kappa shape index (κ1) is 37.3. The zero-order valence-corrected chi connectivity index (χ0v) is 27.2. The summed E-state index contributed by atoms with van der Waals surface area (Å²) >= 11 is 0. The number of nitrogens with one attached hydrogen (secondary N) is 3. The van der Waals surface area contributed by atoms with Crippen molar-refractivity contribution < 1.29 is 65.6 Å². The van der Waals surface area contributed by atoms with Gasteiger partial charge in [-0.3, -0.25) is 19.7 Å². The number of carbonyl (C=O) groups excluding carboxylic acids is 3. The number of amides is 2. The quantitative estimate of drug-likeness (QED) is 0.105. The van der Waals surface area contributed by atoms with Crippen molar-refractivity contribution in [2.75, 3.05) is 25.8 Å².